The van der Waals surface area contributed by atoms with Gasteiger partial charge in [-0.15, -0.1) is 0 Å². The fourth-order valence-electron chi connectivity index (χ4n) is 3.25. The third-order valence-corrected chi connectivity index (χ3v) is 4.61. The first-order valence-corrected chi connectivity index (χ1v) is 7.23. The Labute approximate surface area is 106 Å². The molecule has 0 bridgehead atoms. The third kappa shape index (κ3) is 3.65. The molecule has 102 valence electrons. The van der Waals surface area contributed by atoms with Crippen molar-refractivity contribution in [3.8, 4) is 0 Å². The van der Waals surface area contributed by atoms with Crippen LogP contribution >= 0.6 is 0 Å². The molecular formula is C14H29FN2. The molecule has 1 aliphatic carbocycles. The molecule has 0 amide bonds. The van der Waals surface area contributed by atoms with Crippen LogP contribution < -0.4 is 5.73 Å². The molecule has 0 unspecified atom stereocenters. The number of alkyl halides is 1. The van der Waals surface area contributed by atoms with Crippen molar-refractivity contribution < 1.29 is 4.39 Å². The molecule has 1 fully saturated rings. The topological polar surface area (TPSA) is 29.3 Å². The molecule has 0 aromatic rings. The average molecular weight is 244 g/mol. The maximum absolute atomic E-state index is 12.3. The summed E-state index contributed by atoms with van der Waals surface area (Å²) in [5, 5.41) is 0. The molecule has 2 N–H and O–H groups in total. The lowest BCUT2D eigenvalue weighted by molar-refractivity contribution is 0.0435. The number of hydrogen-bond acceptors (Lipinski definition) is 2. The van der Waals surface area contributed by atoms with Crippen LogP contribution in [0.3, 0.4) is 0 Å². The molecule has 0 heterocycles. The van der Waals surface area contributed by atoms with Crippen LogP contribution in [0.5, 0.6) is 0 Å². The lowest BCUT2D eigenvalue weighted by atomic mass is 9.74. The van der Waals surface area contributed by atoms with E-state index in [-0.39, 0.29) is 12.2 Å². The first kappa shape index (κ1) is 14.9. The van der Waals surface area contributed by atoms with Crippen LogP contribution in [0.25, 0.3) is 0 Å². The first-order valence-electron chi connectivity index (χ1n) is 7.23. The van der Waals surface area contributed by atoms with E-state index in [1.165, 1.54) is 32.1 Å². The van der Waals surface area contributed by atoms with Gasteiger partial charge in [0.2, 0.25) is 0 Å². The SMILES string of the molecule is CCC1CCC(CN)(N(CC)CCCF)CC1. The van der Waals surface area contributed by atoms with Crippen molar-refractivity contribution in [2.45, 2.75) is 57.9 Å². The van der Waals surface area contributed by atoms with Gasteiger partial charge in [0.1, 0.15) is 0 Å². The largest absolute Gasteiger partial charge is 0.329 e. The number of likely N-dealkylation sites (N-methyl/N-ethyl adjacent to an activating group) is 1. The molecule has 2 nitrogen and oxygen atoms in total. The number of nitrogens with two attached hydrogens (primary N) is 1. The molecule has 0 atom stereocenters. The minimum Gasteiger partial charge on any atom is -0.329 e. The molecule has 1 rings (SSSR count). The average Bonchev–Trinajstić information content (AvgIpc) is 2.40. The van der Waals surface area contributed by atoms with Crippen molar-refractivity contribution in [2.24, 2.45) is 11.7 Å². The molecule has 17 heavy (non-hydrogen) atoms. The summed E-state index contributed by atoms with van der Waals surface area (Å²) in [7, 11) is 0. The summed E-state index contributed by atoms with van der Waals surface area (Å²) in [6, 6.07) is 0. The summed E-state index contributed by atoms with van der Waals surface area (Å²) in [5.74, 6) is 0.884. The molecule has 0 spiro atoms. The van der Waals surface area contributed by atoms with Gasteiger partial charge in [0.15, 0.2) is 0 Å². The van der Waals surface area contributed by atoms with Gasteiger partial charge < -0.3 is 5.73 Å². The lowest BCUT2D eigenvalue weighted by Crippen LogP contribution is -2.56. The maximum atomic E-state index is 12.3. The quantitative estimate of drug-likeness (QED) is 0.746. The molecule has 0 radical (unpaired) electrons. The number of rotatable bonds is 7. The van der Waals surface area contributed by atoms with Crippen molar-refractivity contribution in [2.75, 3.05) is 26.3 Å². The van der Waals surface area contributed by atoms with E-state index >= 15 is 0 Å². The second-order valence-electron chi connectivity index (χ2n) is 5.40. The van der Waals surface area contributed by atoms with Crippen LogP contribution in [0.15, 0.2) is 0 Å². The summed E-state index contributed by atoms with van der Waals surface area (Å²) in [6.07, 6.45) is 6.91. The van der Waals surface area contributed by atoms with E-state index in [2.05, 4.69) is 18.7 Å². The molecule has 0 aromatic carbocycles. The highest BCUT2D eigenvalue weighted by Gasteiger charge is 2.37. The van der Waals surface area contributed by atoms with Gasteiger partial charge in [-0.2, -0.15) is 0 Å². The molecule has 1 aliphatic rings. The predicted octanol–water partition coefficient (Wildman–Crippen LogP) is 2.97. The Balaban J connectivity index is 2.60. The van der Waals surface area contributed by atoms with Gasteiger partial charge in [0, 0.05) is 18.6 Å². The Morgan fingerprint density at radius 3 is 2.35 bits per heavy atom. The lowest BCUT2D eigenvalue weighted by Gasteiger charge is -2.47. The predicted molar refractivity (Wildman–Crippen MR) is 71.9 cm³/mol. The van der Waals surface area contributed by atoms with Crippen molar-refractivity contribution in [3.63, 3.8) is 0 Å². The minimum absolute atomic E-state index is 0.162. The third-order valence-electron chi connectivity index (χ3n) is 4.61. The summed E-state index contributed by atoms with van der Waals surface area (Å²) in [4.78, 5) is 2.43. The fraction of sp³-hybridized carbons (Fsp3) is 1.00. The van der Waals surface area contributed by atoms with Crippen LogP contribution in [0, 0.1) is 5.92 Å². The zero-order chi connectivity index (χ0) is 12.7. The van der Waals surface area contributed by atoms with Crippen LogP contribution in [0.2, 0.25) is 0 Å². The Hall–Kier alpha value is -0.150. The zero-order valence-corrected chi connectivity index (χ0v) is 11.6. The summed E-state index contributed by atoms with van der Waals surface area (Å²) in [6.45, 7) is 6.82. The Kier molecular flexibility index (Phi) is 6.42. The molecule has 0 aromatic heterocycles. The highest BCUT2D eigenvalue weighted by molar-refractivity contribution is 4.95. The van der Waals surface area contributed by atoms with Gasteiger partial charge in [-0.05, 0) is 44.6 Å². The van der Waals surface area contributed by atoms with E-state index in [0.29, 0.717) is 6.42 Å². The highest BCUT2D eigenvalue weighted by atomic mass is 19.1. The summed E-state index contributed by atoms with van der Waals surface area (Å²) in [5.41, 5.74) is 6.20. The molecule has 0 saturated heterocycles. The second-order valence-corrected chi connectivity index (χ2v) is 5.40. The van der Waals surface area contributed by atoms with Crippen molar-refractivity contribution in [1.82, 2.24) is 4.90 Å². The normalized spacial score (nSPS) is 29.8. The van der Waals surface area contributed by atoms with E-state index in [1.807, 2.05) is 0 Å². The zero-order valence-electron chi connectivity index (χ0n) is 11.6. The van der Waals surface area contributed by atoms with E-state index < -0.39 is 0 Å². The van der Waals surface area contributed by atoms with Gasteiger partial charge in [0.25, 0.3) is 0 Å². The van der Waals surface area contributed by atoms with E-state index in [9.17, 15) is 4.39 Å². The van der Waals surface area contributed by atoms with Gasteiger partial charge in [-0.3, -0.25) is 9.29 Å². The van der Waals surface area contributed by atoms with Crippen LogP contribution in [0.4, 0.5) is 4.39 Å². The standard InChI is InChI=1S/C14H29FN2/c1-3-13-6-8-14(12-16,9-7-13)17(4-2)11-5-10-15/h13H,3-12,16H2,1-2H3. The van der Waals surface area contributed by atoms with Gasteiger partial charge >= 0.3 is 0 Å². The molecular weight excluding hydrogens is 215 g/mol. The van der Waals surface area contributed by atoms with E-state index in [0.717, 1.165) is 25.6 Å². The van der Waals surface area contributed by atoms with Crippen LogP contribution in [-0.2, 0) is 0 Å². The molecule has 0 aliphatic heterocycles. The fourth-order valence-corrected chi connectivity index (χ4v) is 3.25. The summed E-state index contributed by atoms with van der Waals surface area (Å²) >= 11 is 0. The summed E-state index contributed by atoms with van der Waals surface area (Å²) < 4.78 is 12.3. The molecule has 3 heteroatoms. The maximum Gasteiger partial charge on any atom is 0.0906 e. The monoisotopic (exact) mass is 244 g/mol. The second kappa shape index (κ2) is 7.32. The van der Waals surface area contributed by atoms with Gasteiger partial charge in [-0.1, -0.05) is 20.3 Å². The Morgan fingerprint density at radius 2 is 1.94 bits per heavy atom. The Morgan fingerprint density at radius 1 is 1.29 bits per heavy atom. The van der Waals surface area contributed by atoms with Crippen molar-refractivity contribution >= 4 is 0 Å². The van der Waals surface area contributed by atoms with Gasteiger partial charge in [0.05, 0.1) is 6.67 Å². The minimum atomic E-state index is -0.214. The number of nitrogens with zero attached hydrogens (tertiary/aromatic N) is 1. The molecule has 1 saturated carbocycles. The van der Waals surface area contributed by atoms with E-state index in [1.54, 1.807) is 0 Å². The van der Waals surface area contributed by atoms with Crippen LogP contribution in [0.1, 0.15) is 52.4 Å². The Bertz CT molecular complexity index is 200. The van der Waals surface area contributed by atoms with Crippen molar-refractivity contribution in [1.29, 1.82) is 0 Å². The van der Waals surface area contributed by atoms with E-state index in [4.69, 9.17) is 5.73 Å². The number of hydrogen-bond donors (Lipinski definition) is 1. The highest BCUT2D eigenvalue weighted by Crippen LogP contribution is 2.37. The van der Waals surface area contributed by atoms with Crippen LogP contribution in [-0.4, -0.2) is 36.7 Å². The smallest absolute Gasteiger partial charge is 0.0906 e. The van der Waals surface area contributed by atoms with Gasteiger partial charge in [-0.25, -0.2) is 0 Å². The number of halogens is 1. The first-order chi connectivity index (χ1) is 8.22. The van der Waals surface area contributed by atoms with Crippen molar-refractivity contribution in [3.05, 3.63) is 0 Å².